The molecule has 0 saturated carbocycles. The summed E-state index contributed by atoms with van der Waals surface area (Å²) in [5.74, 6) is -0.0938. The molecule has 0 aliphatic carbocycles. The fraction of sp³-hybridized carbons (Fsp3) is 0.875. The molecule has 0 aromatic carbocycles. The molecule has 0 bridgehead atoms. The van der Waals surface area contributed by atoms with Crippen LogP contribution < -0.4 is 0 Å². The fourth-order valence-electron chi connectivity index (χ4n) is 1.51. The Hall–Kier alpha value is -0.570. The molecule has 1 unspecified atom stereocenters. The van der Waals surface area contributed by atoms with Gasteiger partial charge in [-0.05, 0) is 26.4 Å². The Bertz CT molecular complexity index is 147. The average Bonchev–Trinajstić information content (AvgIpc) is 2.37. The van der Waals surface area contributed by atoms with Gasteiger partial charge in [-0.25, -0.2) is 0 Å². The van der Waals surface area contributed by atoms with Crippen LogP contribution in [0, 0.1) is 0 Å². The van der Waals surface area contributed by atoms with Crippen LogP contribution in [0.4, 0.5) is 0 Å². The third kappa shape index (κ3) is 2.19. The van der Waals surface area contributed by atoms with Crippen molar-refractivity contribution in [2.45, 2.75) is 25.3 Å². The molecule has 1 saturated heterocycles. The van der Waals surface area contributed by atoms with Crippen LogP contribution in [0.3, 0.4) is 0 Å². The molecule has 1 fully saturated rings. The van der Waals surface area contributed by atoms with Crippen molar-refractivity contribution < 1.29 is 9.53 Å². The molecule has 0 radical (unpaired) electrons. The Morgan fingerprint density at radius 3 is 2.91 bits per heavy atom. The summed E-state index contributed by atoms with van der Waals surface area (Å²) < 4.78 is 4.59. The van der Waals surface area contributed by atoms with E-state index in [1.165, 1.54) is 13.5 Å². The lowest BCUT2D eigenvalue weighted by Crippen LogP contribution is -2.27. The van der Waals surface area contributed by atoms with Crippen molar-refractivity contribution in [2.75, 3.05) is 20.7 Å². The minimum absolute atomic E-state index is 0.0938. The van der Waals surface area contributed by atoms with Gasteiger partial charge in [0.2, 0.25) is 0 Å². The van der Waals surface area contributed by atoms with Crippen LogP contribution in [0.15, 0.2) is 0 Å². The van der Waals surface area contributed by atoms with E-state index in [2.05, 4.69) is 16.7 Å². The predicted octanol–water partition coefficient (Wildman–Crippen LogP) is 0.644. The van der Waals surface area contributed by atoms with Gasteiger partial charge in [0.05, 0.1) is 13.5 Å². The number of rotatable bonds is 2. The first-order valence-corrected chi connectivity index (χ1v) is 4.01. The third-order valence-corrected chi connectivity index (χ3v) is 2.30. The van der Waals surface area contributed by atoms with Crippen molar-refractivity contribution in [3.8, 4) is 0 Å². The number of esters is 1. The zero-order valence-corrected chi connectivity index (χ0v) is 7.17. The van der Waals surface area contributed by atoms with Crippen molar-refractivity contribution in [3.63, 3.8) is 0 Å². The van der Waals surface area contributed by atoms with Crippen molar-refractivity contribution in [3.05, 3.63) is 0 Å². The molecule has 0 aromatic rings. The highest BCUT2D eigenvalue weighted by Crippen LogP contribution is 2.17. The normalized spacial score (nSPS) is 25.5. The third-order valence-electron chi connectivity index (χ3n) is 2.30. The number of carbonyl (C=O) groups is 1. The van der Waals surface area contributed by atoms with Crippen molar-refractivity contribution in [2.24, 2.45) is 0 Å². The smallest absolute Gasteiger partial charge is 0.307 e. The van der Waals surface area contributed by atoms with E-state index < -0.39 is 0 Å². The Labute approximate surface area is 67.3 Å². The number of nitrogens with zero attached hydrogens (tertiary/aromatic N) is 1. The van der Waals surface area contributed by atoms with Gasteiger partial charge < -0.3 is 9.64 Å². The van der Waals surface area contributed by atoms with E-state index in [0.29, 0.717) is 12.5 Å². The van der Waals surface area contributed by atoms with Crippen LogP contribution in [0.5, 0.6) is 0 Å². The monoisotopic (exact) mass is 157 g/mol. The van der Waals surface area contributed by atoms with E-state index in [-0.39, 0.29) is 5.97 Å². The second-order valence-electron chi connectivity index (χ2n) is 3.06. The Kier molecular flexibility index (Phi) is 2.88. The van der Waals surface area contributed by atoms with Gasteiger partial charge in [-0.1, -0.05) is 0 Å². The highest BCUT2D eigenvalue weighted by atomic mass is 16.5. The van der Waals surface area contributed by atoms with Crippen LogP contribution in [0.1, 0.15) is 19.3 Å². The molecule has 3 heteroatoms. The summed E-state index contributed by atoms with van der Waals surface area (Å²) in [7, 11) is 3.50. The molecule has 0 spiro atoms. The summed E-state index contributed by atoms with van der Waals surface area (Å²) in [5, 5.41) is 0. The zero-order valence-electron chi connectivity index (χ0n) is 7.17. The van der Waals surface area contributed by atoms with E-state index in [1.807, 2.05) is 0 Å². The summed E-state index contributed by atoms with van der Waals surface area (Å²) in [5.41, 5.74) is 0. The molecule has 0 N–H and O–H groups in total. The summed E-state index contributed by atoms with van der Waals surface area (Å²) in [6.45, 7) is 1.11. The van der Waals surface area contributed by atoms with Gasteiger partial charge in [-0.2, -0.15) is 0 Å². The molecule has 1 aliphatic heterocycles. The van der Waals surface area contributed by atoms with Crippen molar-refractivity contribution >= 4 is 5.97 Å². The van der Waals surface area contributed by atoms with Gasteiger partial charge in [0.15, 0.2) is 0 Å². The van der Waals surface area contributed by atoms with Gasteiger partial charge in [-0.15, -0.1) is 0 Å². The van der Waals surface area contributed by atoms with E-state index >= 15 is 0 Å². The molecular formula is C8H15NO2. The van der Waals surface area contributed by atoms with Gasteiger partial charge >= 0.3 is 5.97 Å². The molecule has 3 nitrogen and oxygen atoms in total. The molecule has 0 aromatic heterocycles. The van der Waals surface area contributed by atoms with Gasteiger partial charge in [0, 0.05) is 6.04 Å². The number of likely N-dealkylation sites (tertiary alicyclic amines) is 1. The van der Waals surface area contributed by atoms with Crippen molar-refractivity contribution in [1.82, 2.24) is 4.90 Å². The maximum atomic E-state index is 10.9. The predicted molar refractivity (Wildman–Crippen MR) is 42.3 cm³/mol. The Balaban J connectivity index is 2.30. The number of methoxy groups -OCH3 is 1. The van der Waals surface area contributed by atoms with E-state index in [9.17, 15) is 4.79 Å². The first kappa shape index (κ1) is 8.53. The first-order chi connectivity index (χ1) is 5.24. The highest BCUT2D eigenvalue weighted by Gasteiger charge is 2.23. The van der Waals surface area contributed by atoms with Gasteiger partial charge in [0.1, 0.15) is 0 Å². The minimum Gasteiger partial charge on any atom is -0.469 e. The van der Waals surface area contributed by atoms with E-state index in [0.717, 1.165) is 13.0 Å². The fourth-order valence-corrected chi connectivity index (χ4v) is 1.51. The Morgan fingerprint density at radius 1 is 1.73 bits per heavy atom. The second-order valence-corrected chi connectivity index (χ2v) is 3.06. The van der Waals surface area contributed by atoms with Gasteiger partial charge in [-0.3, -0.25) is 4.79 Å². The molecule has 1 heterocycles. The SMILES string of the molecule is COC(=O)CC1CCCN1C. The first-order valence-electron chi connectivity index (χ1n) is 4.01. The van der Waals surface area contributed by atoms with Crippen molar-refractivity contribution in [1.29, 1.82) is 0 Å². The summed E-state index contributed by atoms with van der Waals surface area (Å²) in [6, 6.07) is 0.419. The lowest BCUT2D eigenvalue weighted by atomic mass is 10.1. The molecular weight excluding hydrogens is 142 g/mol. The maximum absolute atomic E-state index is 10.9. The van der Waals surface area contributed by atoms with Crippen LogP contribution in [0.25, 0.3) is 0 Å². The van der Waals surface area contributed by atoms with E-state index in [1.54, 1.807) is 0 Å². The lowest BCUT2D eigenvalue weighted by molar-refractivity contribution is -0.141. The lowest BCUT2D eigenvalue weighted by Gasteiger charge is -2.17. The van der Waals surface area contributed by atoms with Crippen LogP contribution in [-0.4, -0.2) is 37.6 Å². The maximum Gasteiger partial charge on any atom is 0.307 e. The molecule has 1 aliphatic rings. The number of carbonyl (C=O) groups excluding carboxylic acids is 1. The quantitative estimate of drug-likeness (QED) is 0.551. The summed E-state index contributed by atoms with van der Waals surface area (Å²) in [4.78, 5) is 13.1. The topological polar surface area (TPSA) is 29.5 Å². The number of hydrogen-bond acceptors (Lipinski definition) is 3. The van der Waals surface area contributed by atoms with E-state index in [4.69, 9.17) is 0 Å². The Morgan fingerprint density at radius 2 is 2.45 bits per heavy atom. The van der Waals surface area contributed by atoms with Gasteiger partial charge in [0.25, 0.3) is 0 Å². The standard InChI is InChI=1S/C8H15NO2/c1-9-5-3-4-7(9)6-8(10)11-2/h7H,3-6H2,1-2H3. The van der Waals surface area contributed by atoms with Crippen LogP contribution in [0.2, 0.25) is 0 Å². The molecule has 11 heavy (non-hydrogen) atoms. The van der Waals surface area contributed by atoms with Crippen LogP contribution in [-0.2, 0) is 9.53 Å². The molecule has 64 valence electrons. The molecule has 0 amide bonds. The summed E-state index contributed by atoms with van der Waals surface area (Å²) in [6.07, 6.45) is 2.89. The number of ether oxygens (including phenoxy) is 1. The molecule has 1 atom stereocenters. The average molecular weight is 157 g/mol. The highest BCUT2D eigenvalue weighted by molar-refractivity contribution is 5.69. The largest absolute Gasteiger partial charge is 0.469 e. The zero-order chi connectivity index (χ0) is 8.27. The minimum atomic E-state index is -0.0938. The van der Waals surface area contributed by atoms with Crippen LogP contribution >= 0.6 is 0 Å². The number of hydrogen-bond donors (Lipinski definition) is 0. The summed E-state index contributed by atoms with van der Waals surface area (Å²) >= 11 is 0. The second kappa shape index (κ2) is 3.72. The molecule has 1 rings (SSSR count).